The number of nitro benzene ring substituents is 2. The van der Waals surface area contributed by atoms with Gasteiger partial charge in [-0.15, -0.1) is 0 Å². The van der Waals surface area contributed by atoms with Gasteiger partial charge < -0.3 is 10.6 Å². The van der Waals surface area contributed by atoms with Crippen LogP contribution in [0.15, 0.2) is 42.5 Å². The van der Waals surface area contributed by atoms with Gasteiger partial charge in [0.2, 0.25) is 0 Å². The van der Waals surface area contributed by atoms with Gasteiger partial charge in [-0.2, -0.15) is 0 Å². The maximum absolute atomic E-state index is 10.9. The fourth-order valence-corrected chi connectivity index (χ4v) is 3.18. The molecule has 0 amide bonds. The number of anilines is 2. The predicted molar refractivity (Wildman–Crippen MR) is 96.4 cm³/mol. The van der Waals surface area contributed by atoms with Crippen molar-refractivity contribution in [3.63, 3.8) is 0 Å². The predicted octanol–water partition coefficient (Wildman–Crippen LogP) is 3.64. The van der Waals surface area contributed by atoms with Crippen molar-refractivity contribution >= 4 is 43.7 Å². The Morgan fingerprint density at radius 1 is 1.00 bits per heavy atom. The fraction of sp³-hybridized carbons (Fsp3) is 0.133. The van der Waals surface area contributed by atoms with Crippen molar-refractivity contribution in [2.24, 2.45) is 0 Å². The van der Waals surface area contributed by atoms with Crippen molar-refractivity contribution < 1.29 is 9.85 Å². The Morgan fingerprint density at radius 2 is 1.76 bits per heavy atom. The number of para-hydroxylation sites is 2. The number of aromatic nitrogens is 1. The molecule has 0 aliphatic heterocycles. The van der Waals surface area contributed by atoms with Crippen LogP contribution in [0.5, 0.6) is 0 Å². The van der Waals surface area contributed by atoms with Gasteiger partial charge in [0.05, 0.1) is 20.1 Å². The number of benzene rings is 2. The van der Waals surface area contributed by atoms with E-state index in [0.717, 1.165) is 4.70 Å². The Hall–Kier alpha value is -3.27. The van der Waals surface area contributed by atoms with Gasteiger partial charge in [-0.1, -0.05) is 23.5 Å². The molecule has 10 heteroatoms. The second-order valence-electron chi connectivity index (χ2n) is 5.06. The minimum Gasteiger partial charge on any atom is -0.378 e. The van der Waals surface area contributed by atoms with Gasteiger partial charge >= 0.3 is 0 Å². The van der Waals surface area contributed by atoms with Gasteiger partial charge in [0.25, 0.3) is 11.4 Å². The minimum atomic E-state index is -0.442. The first-order valence-corrected chi connectivity index (χ1v) is 8.12. The van der Waals surface area contributed by atoms with Crippen molar-refractivity contribution in [3.05, 3.63) is 62.7 Å². The second-order valence-corrected chi connectivity index (χ2v) is 6.09. The topological polar surface area (TPSA) is 123 Å². The van der Waals surface area contributed by atoms with Crippen LogP contribution < -0.4 is 10.6 Å². The van der Waals surface area contributed by atoms with Gasteiger partial charge in [-0.3, -0.25) is 20.2 Å². The average Bonchev–Trinajstić information content (AvgIpc) is 3.00. The van der Waals surface area contributed by atoms with E-state index in [-0.39, 0.29) is 11.4 Å². The number of nitrogens with zero attached hydrogens (tertiary/aromatic N) is 3. The summed E-state index contributed by atoms with van der Waals surface area (Å²) in [5.41, 5.74) is 1.19. The van der Waals surface area contributed by atoms with Crippen molar-refractivity contribution in [1.82, 2.24) is 4.98 Å². The number of nitrogens with one attached hydrogen (secondary N) is 2. The van der Waals surface area contributed by atoms with Gasteiger partial charge in [-0.05, 0) is 12.1 Å². The number of fused-ring (bicyclic) bond motifs is 1. The third kappa shape index (κ3) is 3.80. The summed E-state index contributed by atoms with van der Waals surface area (Å²) in [5, 5.41) is 28.5. The van der Waals surface area contributed by atoms with E-state index in [1.54, 1.807) is 24.3 Å². The van der Waals surface area contributed by atoms with Gasteiger partial charge in [-0.25, -0.2) is 4.98 Å². The average molecular weight is 359 g/mol. The molecule has 0 bridgehead atoms. The number of non-ortho nitro benzene ring substituents is 1. The molecular formula is C15H13N5O4S. The summed E-state index contributed by atoms with van der Waals surface area (Å²) in [6, 6.07) is 10.9. The Kier molecular flexibility index (Phi) is 4.70. The van der Waals surface area contributed by atoms with Crippen LogP contribution in [0.3, 0.4) is 0 Å². The molecule has 0 aliphatic rings. The summed E-state index contributed by atoms with van der Waals surface area (Å²) in [6.07, 6.45) is 0. The minimum absolute atomic E-state index is 0.0230. The summed E-state index contributed by atoms with van der Waals surface area (Å²) in [6.45, 7) is 0.953. The van der Waals surface area contributed by atoms with Gasteiger partial charge in [0.15, 0.2) is 5.13 Å². The van der Waals surface area contributed by atoms with E-state index in [9.17, 15) is 20.2 Å². The van der Waals surface area contributed by atoms with Crippen molar-refractivity contribution in [2.75, 3.05) is 23.7 Å². The lowest BCUT2D eigenvalue weighted by molar-refractivity contribution is -0.384. The Labute approximate surface area is 145 Å². The summed E-state index contributed by atoms with van der Waals surface area (Å²) >= 11 is 1.32. The quantitative estimate of drug-likeness (QED) is 0.375. The molecule has 0 saturated heterocycles. The smallest absolute Gasteiger partial charge is 0.292 e. The molecule has 0 atom stereocenters. The molecule has 128 valence electrons. The first-order chi connectivity index (χ1) is 12.0. The Morgan fingerprint density at radius 3 is 2.52 bits per heavy atom. The molecule has 0 saturated carbocycles. The number of nitro groups is 2. The first-order valence-electron chi connectivity index (χ1n) is 7.31. The fourth-order valence-electron chi connectivity index (χ4n) is 2.25. The standard InChI is InChI=1S/C15H13N5O4S/c21-19(22)10-5-6-12-14(9-10)25-15(18-12)17-8-7-16-11-3-1-2-4-13(11)20(23)24/h1-6,9,16H,7-8H2,(H,17,18). The Balaban J connectivity index is 1.60. The van der Waals surface area contributed by atoms with E-state index in [1.807, 2.05) is 0 Å². The van der Waals surface area contributed by atoms with Crippen LogP contribution in [-0.4, -0.2) is 27.9 Å². The largest absolute Gasteiger partial charge is 0.378 e. The van der Waals surface area contributed by atoms with Gasteiger partial charge in [0, 0.05) is 31.3 Å². The van der Waals surface area contributed by atoms with Crippen molar-refractivity contribution in [2.45, 2.75) is 0 Å². The lowest BCUT2D eigenvalue weighted by atomic mass is 10.2. The van der Waals surface area contributed by atoms with Crippen LogP contribution in [-0.2, 0) is 0 Å². The van der Waals surface area contributed by atoms with E-state index < -0.39 is 9.85 Å². The second kappa shape index (κ2) is 7.09. The highest BCUT2D eigenvalue weighted by atomic mass is 32.1. The molecule has 0 radical (unpaired) electrons. The van der Waals surface area contributed by atoms with E-state index in [4.69, 9.17) is 0 Å². The molecular weight excluding hydrogens is 346 g/mol. The maximum Gasteiger partial charge on any atom is 0.292 e. The van der Waals surface area contributed by atoms with E-state index in [1.165, 1.54) is 29.5 Å². The zero-order chi connectivity index (χ0) is 17.8. The number of hydrogen-bond donors (Lipinski definition) is 2. The van der Waals surface area contributed by atoms with Crippen LogP contribution in [0, 0.1) is 20.2 Å². The van der Waals surface area contributed by atoms with Crippen LogP contribution >= 0.6 is 11.3 Å². The third-order valence-electron chi connectivity index (χ3n) is 3.40. The highest BCUT2D eigenvalue weighted by Crippen LogP contribution is 2.29. The van der Waals surface area contributed by atoms with Crippen molar-refractivity contribution in [1.29, 1.82) is 0 Å². The summed E-state index contributed by atoms with van der Waals surface area (Å²) in [7, 11) is 0. The highest BCUT2D eigenvalue weighted by Gasteiger charge is 2.12. The highest BCUT2D eigenvalue weighted by molar-refractivity contribution is 7.22. The number of thiazole rings is 1. The Bertz CT molecular complexity index is 943. The van der Waals surface area contributed by atoms with Crippen LogP contribution in [0.2, 0.25) is 0 Å². The van der Waals surface area contributed by atoms with E-state index >= 15 is 0 Å². The molecule has 1 heterocycles. The first kappa shape index (κ1) is 16.6. The van der Waals surface area contributed by atoms with Crippen molar-refractivity contribution in [3.8, 4) is 0 Å². The monoisotopic (exact) mass is 359 g/mol. The van der Waals surface area contributed by atoms with E-state index in [2.05, 4.69) is 15.6 Å². The normalized spacial score (nSPS) is 10.6. The molecule has 1 aromatic heterocycles. The molecule has 3 aromatic rings. The SMILES string of the molecule is O=[N+]([O-])c1ccc2nc(NCCNc3ccccc3[N+](=O)[O-])sc2c1. The lowest BCUT2D eigenvalue weighted by Crippen LogP contribution is -2.14. The van der Waals surface area contributed by atoms with Gasteiger partial charge in [0.1, 0.15) is 5.69 Å². The summed E-state index contributed by atoms with van der Waals surface area (Å²) in [4.78, 5) is 25.2. The molecule has 0 unspecified atom stereocenters. The molecule has 2 N–H and O–H groups in total. The molecule has 0 spiro atoms. The number of hydrogen-bond acceptors (Lipinski definition) is 8. The molecule has 3 rings (SSSR count). The van der Waals surface area contributed by atoms with Crippen LogP contribution in [0.25, 0.3) is 10.2 Å². The lowest BCUT2D eigenvalue weighted by Gasteiger charge is -2.07. The van der Waals surface area contributed by atoms with E-state index in [0.29, 0.717) is 29.4 Å². The molecule has 2 aromatic carbocycles. The summed E-state index contributed by atoms with van der Waals surface area (Å²) < 4.78 is 0.725. The molecule has 0 fully saturated rings. The third-order valence-corrected chi connectivity index (χ3v) is 4.38. The molecule has 25 heavy (non-hydrogen) atoms. The zero-order valence-electron chi connectivity index (χ0n) is 12.8. The molecule has 9 nitrogen and oxygen atoms in total. The number of rotatable bonds is 7. The summed E-state index contributed by atoms with van der Waals surface area (Å²) in [5.74, 6) is 0. The van der Waals surface area contributed by atoms with Crippen LogP contribution in [0.1, 0.15) is 0 Å². The molecule has 0 aliphatic carbocycles. The zero-order valence-corrected chi connectivity index (χ0v) is 13.7. The maximum atomic E-state index is 10.9. The van der Waals surface area contributed by atoms with Crippen LogP contribution in [0.4, 0.5) is 22.2 Å².